The van der Waals surface area contributed by atoms with Crippen molar-refractivity contribution in [3.05, 3.63) is 0 Å². The summed E-state index contributed by atoms with van der Waals surface area (Å²) in [6.07, 6.45) is 5.31. The molecule has 2 aliphatic rings. The van der Waals surface area contributed by atoms with Gasteiger partial charge in [-0.1, -0.05) is 33.6 Å². The fourth-order valence-corrected chi connectivity index (χ4v) is 3.84. The first-order chi connectivity index (χ1) is 9.47. The van der Waals surface area contributed by atoms with Gasteiger partial charge in [0, 0.05) is 6.04 Å². The lowest BCUT2D eigenvalue weighted by Gasteiger charge is -2.47. The predicted molar refractivity (Wildman–Crippen MR) is 79.1 cm³/mol. The Kier molecular flexibility index (Phi) is 4.71. The van der Waals surface area contributed by atoms with Crippen LogP contribution in [-0.4, -0.2) is 34.8 Å². The summed E-state index contributed by atoms with van der Waals surface area (Å²) in [5.41, 5.74) is 0. The van der Waals surface area contributed by atoms with Crippen LogP contribution in [0, 0.1) is 11.8 Å². The van der Waals surface area contributed by atoms with Gasteiger partial charge < -0.3 is 10.2 Å². The van der Waals surface area contributed by atoms with Crippen LogP contribution in [0.15, 0.2) is 0 Å². The molecule has 4 nitrogen and oxygen atoms in total. The van der Waals surface area contributed by atoms with Crippen LogP contribution in [-0.2, 0) is 9.59 Å². The van der Waals surface area contributed by atoms with Gasteiger partial charge in [0.15, 0.2) is 0 Å². The summed E-state index contributed by atoms with van der Waals surface area (Å²) in [6, 6.07) is -0.408. The maximum Gasteiger partial charge on any atom is 0.246 e. The van der Waals surface area contributed by atoms with E-state index in [2.05, 4.69) is 19.2 Å². The Hall–Kier alpha value is -1.06. The number of rotatable bonds is 3. The molecule has 0 spiro atoms. The van der Waals surface area contributed by atoms with E-state index in [-0.39, 0.29) is 29.9 Å². The van der Waals surface area contributed by atoms with Gasteiger partial charge in [-0.25, -0.2) is 0 Å². The van der Waals surface area contributed by atoms with E-state index >= 15 is 0 Å². The molecular formula is C16H28N2O2. The molecule has 1 N–H and O–H groups in total. The van der Waals surface area contributed by atoms with Crippen LogP contribution in [0.3, 0.4) is 0 Å². The van der Waals surface area contributed by atoms with E-state index in [0.717, 1.165) is 6.42 Å². The zero-order valence-electron chi connectivity index (χ0n) is 13.2. The standard InChI is InChI=1S/C16H28N2O2/c1-5-13-16(20)18(11(4)15(19)17-13)14-9-7-6-8-12(14)10(2)3/h10-14H,5-9H2,1-4H3,(H,17,19). The average molecular weight is 280 g/mol. The van der Waals surface area contributed by atoms with Gasteiger partial charge in [0.1, 0.15) is 12.1 Å². The van der Waals surface area contributed by atoms with Gasteiger partial charge in [0.25, 0.3) is 0 Å². The summed E-state index contributed by atoms with van der Waals surface area (Å²) in [7, 11) is 0. The first-order valence-electron chi connectivity index (χ1n) is 8.09. The Labute approximate surface area is 122 Å². The lowest BCUT2D eigenvalue weighted by Crippen LogP contribution is -2.66. The molecule has 2 rings (SSSR count). The highest BCUT2D eigenvalue weighted by Gasteiger charge is 2.44. The second-order valence-electron chi connectivity index (χ2n) is 6.65. The molecule has 1 saturated heterocycles. The summed E-state index contributed by atoms with van der Waals surface area (Å²) < 4.78 is 0. The largest absolute Gasteiger partial charge is 0.343 e. The molecule has 1 heterocycles. The molecule has 0 aromatic rings. The maximum absolute atomic E-state index is 12.7. The van der Waals surface area contributed by atoms with Gasteiger partial charge in [0.2, 0.25) is 11.8 Å². The average Bonchev–Trinajstić information content (AvgIpc) is 2.43. The number of carbonyl (C=O) groups excluding carboxylic acids is 2. The van der Waals surface area contributed by atoms with E-state index in [0.29, 0.717) is 18.3 Å². The van der Waals surface area contributed by atoms with Gasteiger partial charge in [0.05, 0.1) is 0 Å². The van der Waals surface area contributed by atoms with Gasteiger partial charge in [-0.3, -0.25) is 9.59 Å². The molecule has 1 saturated carbocycles. The second-order valence-corrected chi connectivity index (χ2v) is 6.65. The number of piperazine rings is 1. The molecule has 2 fully saturated rings. The minimum absolute atomic E-state index is 0.00419. The Morgan fingerprint density at radius 3 is 2.50 bits per heavy atom. The Balaban J connectivity index is 2.26. The lowest BCUT2D eigenvalue weighted by atomic mass is 9.76. The molecule has 0 radical (unpaired) electrons. The van der Waals surface area contributed by atoms with Gasteiger partial charge >= 0.3 is 0 Å². The third-order valence-corrected chi connectivity index (χ3v) is 5.07. The summed E-state index contributed by atoms with van der Waals surface area (Å²) in [5.74, 6) is 1.21. The monoisotopic (exact) mass is 280 g/mol. The number of nitrogens with zero attached hydrogens (tertiary/aromatic N) is 1. The SMILES string of the molecule is CCC1NC(=O)C(C)N(C2CCCCC2C(C)C)C1=O. The van der Waals surface area contributed by atoms with Crippen molar-refractivity contribution in [1.82, 2.24) is 10.2 Å². The summed E-state index contributed by atoms with van der Waals surface area (Å²) in [5, 5.41) is 2.85. The number of hydrogen-bond donors (Lipinski definition) is 1. The number of carbonyl (C=O) groups is 2. The van der Waals surface area contributed by atoms with Crippen LogP contribution in [0.4, 0.5) is 0 Å². The predicted octanol–water partition coefficient (Wildman–Crippen LogP) is 2.33. The van der Waals surface area contributed by atoms with Crippen molar-refractivity contribution >= 4 is 11.8 Å². The highest BCUT2D eigenvalue weighted by molar-refractivity contribution is 5.96. The van der Waals surface area contributed by atoms with E-state index in [9.17, 15) is 9.59 Å². The second kappa shape index (κ2) is 6.15. The molecule has 4 unspecified atom stereocenters. The third-order valence-electron chi connectivity index (χ3n) is 5.07. The van der Waals surface area contributed by atoms with E-state index in [1.807, 2.05) is 18.7 Å². The summed E-state index contributed by atoms with van der Waals surface area (Å²) in [6.45, 7) is 8.29. The highest BCUT2D eigenvalue weighted by atomic mass is 16.2. The molecular weight excluding hydrogens is 252 g/mol. The molecule has 0 aromatic carbocycles. The van der Waals surface area contributed by atoms with Crippen molar-refractivity contribution in [1.29, 1.82) is 0 Å². The summed E-state index contributed by atoms with van der Waals surface area (Å²) in [4.78, 5) is 26.7. The molecule has 1 aliphatic heterocycles. The van der Waals surface area contributed by atoms with Crippen LogP contribution >= 0.6 is 0 Å². The van der Waals surface area contributed by atoms with Gasteiger partial charge in [-0.2, -0.15) is 0 Å². The lowest BCUT2D eigenvalue weighted by molar-refractivity contribution is -0.154. The first kappa shape index (κ1) is 15.3. The molecule has 1 aliphatic carbocycles. The van der Waals surface area contributed by atoms with Crippen LogP contribution in [0.1, 0.15) is 59.8 Å². The van der Waals surface area contributed by atoms with Gasteiger partial charge in [-0.15, -0.1) is 0 Å². The van der Waals surface area contributed by atoms with E-state index in [4.69, 9.17) is 0 Å². The van der Waals surface area contributed by atoms with Crippen molar-refractivity contribution in [2.45, 2.75) is 77.9 Å². The quantitative estimate of drug-likeness (QED) is 0.862. The highest BCUT2D eigenvalue weighted by Crippen LogP contribution is 2.35. The maximum atomic E-state index is 12.7. The van der Waals surface area contributed by atoms with Crippen LogP contribution in [0.5, 0.6) is 0 Å². The fraction of sp³-hybridized carbons (Fsp3) is 0.875. The topological polar surface area (TPSA) is 49.4 Å². The van der Waals surface area contributed by atoms with Gasteiger partial charge in [-0.05, 0) is 38.0 Å². The summed E-state index contributed by atoms with van der Waals surface area (Å²) >= 11 is 0. The Bertz CT molecular complexity index is 381. The zero-order chi connectivity index (χ0) is 14.9. The number of hydrogen-bond acceptors (Lipinski definition) is 2. The normalized spacial score (nSPS) is 35.4. The van der Waals surface area contributed by atoms with Crippen molar-refractivity contribution in [2.24, 2.45) is 11.8 Å². The first-order valence-corrected chi connectivity index (χ1v) is 8.09. The molecule has 4 atom stereocenters. The molecule has 2 amide bonds. The van der Waals surface area contributed by atoms with Crippen molar-refractivity contribution < 1.29 is 9.59 Å². The van der Waals surface area contributed by atoms with Crippen molar-refractivity contribution in [3.8, 4) is 0 Å². The van der Waals surface area contributed by atoms with Crippen LogP contribution < -0.4 is 5.32 Å². The molecule has 20 heavy (non-hydrogen) atoms. The van der Waals surface area contributed by atoms with E-state index in [1.165, 1.54) is 19.3 Å². The smallest absolute Gasteiger partial charge is 0.246 e. The van der Waals surface area contributed by atoms with Crippen LogP contribution in [0.2, 0.25) is 0 Å². The molecule has 0 bridgehead atoms. The van der Waals surface area contributed by atoms with Crippen molar-refractivity contribution in [3.63, 3.8) is 0 Å². The minimum Gasteiger partial charge on any atom is -0.343 e. The zero-order valence-corrected chi connectivity index (χ0v) is 13.2. The molecule has 114 valence electrons. The fourth-order valence-electron chi connectivity index (χ4n) is 3.84. The van der Waals surface area contributed by atoms with E-state index < -0.39 is 0 Å². The minimum atomic E-state index is -0.326. The van der Waals surface area contributed by atoms with E-state index in [1.54, 1.807) is 0 Å². The Morgan fingerprint density at radius 1 is 1.25 bits per heavy atom. The number of amides is 2. The van der Waals surface area contributed by atoms with Crippen LogP contribution in [0.25, 0.3) is 0 Å². The molecule has 4 heteroatoms. The number of nitrogens with one attached hydrogen (secondary N) is 1. The Morgan fingerprint density at radius 2 is 1.90 bits per heavy atom. The molecule has 0 aromatic heterocycles. The third kappa shape index (κ3) is 2.70. The van der Waals surface area contributed by atoms with Crippen molar-refractivity contribution in [2.75, 3.05) is 0 Å².